The van der Waals surface area contributed by atoms with Gasteiger partial charge >= 0.3 is 0 Å². The third-order valence-corrected chi connectivity index (χ3v) is 8.26. The molecular weight excluding hydrogens is 524 g/mol. The maximum atomic E-state index is 14.6. The van der Waals surface area contributed by atoms with Gasteiger partial charge in [-0.25, -0.2) is 17.2 Å². The lowest BCUT2D eigenvalue weighted by Crippen LogP contribution is -2.52. The van der Waals surface area contributed by atoms with Gasteiger partial charge in [0.05, 0.1) is 10.6 Å². The Morgan fingerprint density at radius 3 is 2.13 bits per heavy atom. The number of aryl methyl sites for hydroxylation is 1. The van der Waals surface area contributed by atoms with E-state index in [-0.39, 0.29) is 28.7 Å². The van der Waals surface area contributed by atoms with Gasteiger partial charge in [-0.05, 0) is 69.7 Å². The second-order valence-electron chi connectivity index (χ2n) is 9.41. The molecule has 0 aliphatic carbocycles. The highest BCUT2D eigenvalue weighted by atomic mass is 32.2. The van der Waals surface area contributed by atoms with Crippen molar-refractivity contribution in [2.24, 2.45) is 0 Å². The summed E-state index contributed by atoms with van der Waals surface area (Å²) in [6.45, 7) is 6.15. The molecule has 3 rings (SSSR count). The van der Waals surface area contributed by atoms with E-state index >= 15 is 0 Å². The average molecular weight is 558 g/mol. The van der Waals surface area contributed by atoms with Crippen molar-refractivity contribution in [2.75, 3.05) is 10.8 Å². The maximum absolute atomic E-state index is 14.6. The molecule has 2 atom stereocenters. The molecule has 0 spiro atoms. The second kappa shape index (κ2) is 12.8. The van der Waals surface area contributed by atoms with Crippen LogP contribution in [0.5, 0.6) is 0 Å². The number of carbonyl (C=O) groups is 2. The van der Waals surface area contributed by atoms with Gasteiger partial charge in [0.25, 0.3) is 10.0 Å². The minimum atomic E-state index is -4.32. The smallest absolute Gasteiger partial charge is 0.264 e. The van der Waals surface area contributed by atoms with Gasteiger partial charge in [-0.15, -0.1) is 0 Å². The van der Waals surface area contributed by atoms with Crippen LogP contribution >= 0.6 is 0 Å². The highest BCUT2D eigenvalue weighted by Crippen LogP contribution is 2.25. The molecule has 1 N–H and O–H groups in total. The molecule has 0 saturated carbocycles. The Kier molecular flexibility index (Phi) is 9.80. The van der Waals surface area contributed by atoms with E-state index in [1.54, 1.807) is 30.3 Å². The summed E-state index contributed by atoms with van der Waals surface area (Å²) in [4.78, 5) is 27.8. The van der Waals surface area contributed by atoms with Crippen molar-refractivity contribution in [3.8, 4) is 0 Å². The van der Waals surface area contributed by atoms with Crippen LogP contribution in [0.15, 0.2) is 77.7 Å². The molecule has 0 aliphatic heterocycles. The number of sulfonamides is 1. The predicted octanol–water partition coefficient (Wildman–Crippen LogP) is 4.80. The van der Waals surface area contributed by atoms with Gasteiger partial charge in [-0.3, -0.25) is 13.9 Å². The molecule has 39 heavy (non-hydrogen) atoms. The topological polar surface area (TPSA) is 86.8 Å². The molecule has 0 aliphatic rings. The van der Waals surface area contributed by atoms with Crippen LogP contribution in [0.3, 0.4) is 0 Å². The third-order valence-electron chi connectivity index (χ3n) is 6.47. The predicted molar refractivity (Wildman–Crippen MR) is 146 cm³/mol. The van der Waals surface area contributed by atoms with Crippen molar-refractivity contribution < 1.29 is 26.8 Å². The van der Waals surface area contributed by atoms with Crippen molar-refractivity contribution in [2.45, 2.75) is 57.6 Å². The fourth-order valence-corrected chi connectivity index (χ4v) is 5.25. The lowest BCUT2D eigenvalue weighted by Gasteiger charge is -2.32. The van der Waals surface area contributed by atoms with Gasteiger partial charge in [0, 0.05) is 18.2 Å². The molecule has 0 saturated heterocycles. The molecule has 0 heterocycles. The third kappa shape index (κ3) is 7.41. The number of hydrogen-bond acceptors (Lipinski definition) is 4. The molecule has 0 bridgehead atoms. The van der Waals surface area contributed by atoms with Gasteiger partial charge in [-0.2, -0.15) is 0 Å². The summed E-state index contributed by atoms with van der Waals surface area (Å²) >= 11 is 0. The summed E-state index contributed by atoms with van der Waals surface area (Å²) in [5.41, 5.74) is 1.26. The van der Waals surface area contributed by atoms with Crippen molar-refractivity contribution in [1.82, 2.24) is 10.2 Å². The summed E-state index contributed by atoms with van der Waals surface area (Å²) < 4.78 is 56.4. The molecule has 208 valence electrons. The largest absolute Gasteiger partial charge is 0.352 e. The molecular formula is C29H33F2N3O4S. The molecule has 0 aromatic heterocycles. The van der Waals surface area contributed by atoms with Gasteiger partial charge in [0.1, 0.15) is 24.2 Å². The van der Waals surface area contributed by atoms with E-state index in [2.05, 4.69) is 5.32 Å². The monoisotopic (exact) mass is 557 g/mol. The van der Waals surface area contributed by atoms with Crippen LogP contribution in [0.2, 0.25) is 0 Å². The summed E-state index contributed by atoms with van der Waals surface area (Å²) in [6, 6.07) is 15.5. The van der Waals surface area contributed by atoms with Gasteiger partial charge in [-0.1, -0.05) is 42.8 Å². The number of amides is 2. The van der Waals surface area contributed by atoms with Gasteiger partial charge < -0.3 is 10.2 Å². The Bertz CT molecular complexity index is 1400. The van der Waals surface area contributed by atoms with Crippen LogP contribution in [0, 0.1) is 18.6 Å². The first-order chi connectivity index (χ1) is 18.4. The molecule has 2 amide bonds. The van der Waals surface area contributed by atoms with Crippen LogP contribution in [-0.2, 0) is 26.2 Å². The number of nitrogens with one attached hydrogen (secondary N) is 1. The summed E-state index contributed by atoms with van der Waals surface area (Å²) in [5.74, 6) is -2.32. The van der Waals surface area contributed by atoms with Crippen LogP contribution in [0.25, 0.3) is 0 Å². The first-order valence-electron chi connectivity index (χ1n) is 12.6. The van der Waals surface area contributed by atoms with E-state index < -0.39 is 46.1 Å². The number of halogens is 2. The van der Waals surface area contributed by atoms with Gasteiger partial charge in [0.15, 0.2) is 0 Å². The van der Waals surface area contributed by atoms with E-state index in [4.69, 9.17) is 0 Å². The van der Waals surface area contributed by atoms with Crippen LogP contribution in [0.1, 0.15) is 38.3 Å². The number of carbonyl (C=O) groups excluding carboxylic acids is 2. The summed E-state index contributed by atoms with van der Waals surface area (Å²) in [7, 11) is -4.32. The zero-order valence-corrected chi connectivity index (χ0v) is 23.2. The minimum absolute atomic E-state index is 0.159. The first-order valence-corrected chi connectivity index (χ1v) is 14.1. The van der Waals surface area contributed by atoms with Crippen molar-refractivity contribution in [3.05, 3.63) is 95.6 Å². The highest BCUT2D eigenvalue weighted by Gasteiger charge is 2.33. The second-order valence-corrected chi connectivity index (χ2v) is 11.3. The fourth-order valence-electron chi connectivity index (χ4n) is 3.83. The quantitative estimate of drug-likeness (QED) is 0.367. The van der Waals surface area contributed by atoms with E-state index in [9.17, 15) is 26.8 Å². The molecule has 0 unspecified atom stereocenters. The lowest BCUT2D eigenvalue weighted by molar-refractivity contribution is -0.139. The number of benzene rings is 3. The summed E-state index contributed by atoms with van der Waals surface area (Å²) in [6.07, 6.45) is 0.664. The van der Waals surface area contributed by atoms with Crippen LogP contribution in [0.4, 0.5) is 14.5 Å². The van der Waals surface area contributed by atoms with Crippen molar-refractivity contribution in [3.63, 3.8) is 0 Å². The van der Waals surface area contributed by atoms with Crippen LogP contribution in [-0.4, -0.2) is 43.8 Å². The Hall–Kier alpha value is -3.79. The SMILES string of the molecule is CC[C@H](C)NC(=O)[C@@H](C)N(Cc1ccccc1F)C(=O)CN(c1ccc(C)cc1)S(=O)(=O)c1ccc(F)cc1. The van der Waals surface area contributed by atoms with E-state index in [0.717, 1.165) is 39.0 Å². The standard InChI is InChI=1S/C29H33F2N3O4S/c1-5-21(3)32-29(36)22(4)33(18-23-8-6-7-9-27(23)31)28(35)19-34(25-14-10-20(2)11-15-25)39(37,38)26-16-12-24(30)13-17-26/h6-17,21-22H,5,18-19H2,1-4H3,(H,32,36)/t21-,22+/m0/s1. The van der Waals surface area contributed by atoms with Crippen molar-refractivity contribution in [1.29, 1.82) is 0 Å². The van der Waals surface area contributed by atoms with Crippen molar-refractivity contribution >= 4 is 27.5 Å². The molecule has 3 aromatic rings. The Labute approximate surface area is 228 Å². The zero-order chi connectivity index (χ0) is 28.7. The Balaban J connectivity index is 2.03. The molecule has 3 aromatic carbocycles. The normalized spacial score (nSPS) is 12.9. The number of hydrogen-bond donors (Lipinski definition) is 1. The molecule has 0 radical (unpaired) electrons. The summed E-state index contributed by atoms with van der Waals surface area (Å²) in [5, 5.41) is 2.82. The number of anilines is 1. The maximum Gasteiger partial charge on any atom is 0.264 e. The minimum Gasteiger partial charge on any atom is -0.352 e. The zero-order valence-electron chi connectivity index (χ0n) is 22.4. The van der Waals surface area contributed by atoms with Gasteiger partial charge in [0.2, 0.25) is 11.8 Å². The molecule has 0 fully saturated rings. The molecule has 10 heteroatoms. The first kappa shape index (κ1) is 29.8. The van der Waals surface area contributed by atoms with E-state index in [0.29, 0.717) is 6.42 Å². The lowest BCUT2D eigenvalue weighted by atomic mass is 10.1. The highest BCUT2D eigenvalue weighted by molar-refractivity contribution is 7.92. The van der Waals surface area contributed by atoms with Crippen LogP contribution < -0.4 is 9.62 Å². The number of rotatable bonds is 11. The number of nitrogens with zero attached hydrogens (tertiary/aromatic N) is 2. The molecule has 7 nitrogen and oxygen atoms in total. The average Bonchev–Trinajstić information content (AvgIpc) is 2.91. The Morgan fingerprint density at radius 1 is 0.923 bits per heavy atom. The van der Waals surface area contributed by atoms with E-state index in [1.807, 2.05) is 20.8 Å². The Morgan fingerprint density at radius 2 is 1.54 bits per heavy atom. The van der Waals surface area contributed by atoms with E-state index in [1.165, 1.54) is 25.1 Å². The fraction of sp³-hybridized carbons (Fsp3) is 0.310.